The maximum Gasteiger partial charge on any atom is 0.107 e. The van der Waals surface area contributed by atoms with E-state index in [4.69, 9.17) is 4.99 Å². The minimum Gasteiger partial charge on any atom is -0.393 e. The van der Waals surface area contributed by atoms with Gasteiger partial charge in [-0.3, -0.25) is 9.98 Å². The third kappa shape index (κ3) is 3.05. The van der Waals surface area contributed by atoms with Crippen LogP contribution < -0.4 is 5.32 Å². The van der Waals surface area contributed by atoms with Crippen LogP contribution in [0.2, 0.25) is 0 Å². The van der Waals surface area contributed by atoms with Crippen LogP contribution in [-0.4, -0.2) is 35.5 Å². The second-order valence-electron chi connectivity index (χ2n) is 6.67. The van der Waals surface area contributed by atoms with Gasteiger partial charge in [0.25, 0.3) is 0 Å². The van der Waals surface area contributed by atoms with E-state index in [-0.39, 0.29) is 6.10 Å². The molecular weight excluding hydrogens is 250 g/mol. The molecule has 112 valence electrons. The first-order valence-corrected chi connectivity index (χ1v) is 8.30. The van der Waals surface area contributed by atoms with Crippen LogP contribution in [-0.2, 0) is 0 Å². The number of aliphatic hydroxyl groups excluding tert-OH is 1. The van der Waals surface area contributed by atoms with E-state index in [0.29, 0.717) is 18.0 Å². The normalized spacial score (nSPS) is 43.1. The van der Waals surface area contributed by atoms with Crippen molar-refractivity contribution >= 4 is 12.2 Å². The first-order valence-electron chi connectivity index (χ1n) is 8.30. The molecule has 0 radical (unpaired) electrons. The zero-order valence-electron chi connectivity index (χ0n) is 12.5. The zero-order valence-corrected chi connectivity index (χ0v) is 12.5. The number of nitrogens with one attached hydrogen (secondary N) is 1. The molecule has 0 aromatic rings. The minimum atomic E-state index is -0.152. The summed E-state index contributed by atoms with van der Waals surface area (Å²) in [6, 6.07) is 0.738. The van der Waals surface area contributed by atoms with E-state index in [9.17, 15) is 5.11 Å². The number of nitrogens with zero attached hydrogens (tertiary/aromatic N) is 2. The lowest BCUT2D eigenvalue weighted by molar-refractivity contribution is 0.121. The van der Waals surface area contributed by atoms with E-state index in [1.165, 1.54) is 25.7 Å². The molecule has 2 N–H and O–H groups in total. The molecule has 0 aromatic carbocycles. The fraction of sp³-hybridized carbons (Fsp3) is 0.875. The number of hydrogen-bond acceptors (Lipinski definition) is 3. The Balaban J connectivity index is 1.72. The maximum atomic E-state index is 9.81. The van der Waals surface area contributed by atoms with Gasteiger partial charge in [-0.25, -0.2) is 0 Å². The summed E-state index contributed by atoms with van der Waals surface area (Å²) >= 11 is 0. The number of fused-ring (bicyclic) bond motifs is 1. The SMILES string of the molecule is CCC1CCC2N=CNC(=NC3CCCC(O)C3)C2C1. The van der Waals surface area contributed by atoms with Gasteiger partial charge in [0.15, 0.2) is 0 Å². The predicted octanol–water partition coefficient (Wildman–Crippen LogP) is 2.51. The van der Waals surface area contributed by atoms with Gasteiger partial charge in [0, 0.05) is 5.92 Å². The van der Waals surface area contributed by atoms with Gasteiger partial charge < -0.3 is 10.4 Å². The molecular formula is C16H27N3O. The molecule has 3 rings (SSSR count). The molecule has 5 atom stereocenters. The van der Waals surface area contributed by atoms with Crippen LogP contribution in [0.5, 0.6) is 0 Å². The summed E-state index contributed by atoms with van der Waals surface area (Å²) in [4.78, 5) is 9.56. The van der Waals surface area contributed by atoms with Crippen LogP contribution in [0, 0.1) is 11.8 Å². The number of amidine groups is 1. The Morgan fingerprint density at radius 3 is 3.00 bits per heavy atom. The van der Waals surface area contributed by atoms with Crippen LogP contribution >= 0.6 is 0 Å². The highest BCUT2D eigenvalue weighted by Gasteiger charge is 2.35. The van der Waals surface area contributed by atoms with Gasteiger partial charge >= 0.3 is 0 Å². The minimum absolute atomic E-state index is 0.152. The summed E-state index contributed by atoms with van der Waals surface area (Å²) in [6.07, 6.45) is 10.7. The van der Waals surface area contributed by atoms with E-state index in [0.717, 1.165) is 37.4 Å². The molecule has 1 heterocycles. The summed E-state index contributed by atoms with van der Waals surface area (Å²) in [5.74, 6) is 2.45. The van der Waals surface area contributed by atoms with E-state index in [2.05, 4.69) is 17.2 Å². The van der Waals surface area contributed by atoms with Gasteiger partial charge in [0.2, 0.25) is 0 Å². The van der Waals surface area contributed by atoms with E-state index < -0.39 is 0 Å². The van der Waals surface area contributed by atoms with Crippen molar-refractivity contribution in [3.63, 3.8) is 0 Å². The van der Waals surface area contributed by atoms with Crippen molar-refractivity contribution in [2.45, 2.75) is 76.5 Å². The van der Waals surface area contributed by atoms with Crippen LogP contribution in [0.4, 0.5) is 0 Å². The maximum absolute atomic E-state index is 9.81. The van der Waals surface area contributed by atoms with Crippen molar-refractivity contribution in [3.8, 4) is 0 Å². The number of aliphatic hydroxyl groups is 1. The monoisotopic (exact) mass is 277 g/mol. The molecule has 2 saturated carbocycles. The molecule has 2 fully saturated rings. The average Bonchev–Trinajstić information content (AvgIpc) is 2.47. The van der Waals surface area contributed by atoms with Crippen molar-refractivity contribution < 1.29 is 5.11 Å². The van der Waals surface area contributed by atoms with Crippen molar-refractivity contribution in [1.82, 2.24) is 5.32 Å². The molecule has 0 spiro atoms. The van der Waals surface area contributed by atoms with Gasteiger partial charge in [-0.2, -0.15) is 0 Å². The third-order valence-corrected chi connectivity index (χ3v) is 5.27. The highest BCUT2D eigenvalue weighted by molar-refractivity contribution is 5.96. The van der Waals surface area contributed by atoms with Crippen LogP contribution in [0.15, 0.2) is 9.98 Å². The lowest BCUT2D eigenvalue weighted by atomic mass is 9.76. The average molecular weight is 277 g/mol. The van der Waals surface area contributed by atoms with E-state index >= 15 is 0 Å². The molecule has 1 aliphatic heterocycles. The first kappa shape index (κ1) is 14.1. The number of aliphatic imine (C=N–C) groups is 2. The highest BCUT2D eigenvalue weighted by Crippen LogP contribution is 2.35. The van der Waals surface area contributed by atoms with E-state index in [1.54, 1.807) is 0 Å². The lowest BCUT2D eigenvalue weighted by Gasteiger charge is -2.37. The predicted molar refractivity (Wildman–Crippen MR) is 82.2 cm³/mol. The second-order valence-corrected chi connectivity index (χ2v) is 6.67. The van der Waals surface area contributed by atoms with Gasteiger partial charge in [0.05, 0.1) is 24.5 Å². The fourth-order valence-electron chi connectivity index (χ4n) is 3.98. The summed E-state index contributed by atoms with van der Waals surface area (Å²) in [5.41, 5.74) is 0. The summed E-state index contributed by atoms with van der Waals surface area (Å²) in [6.45, 7) is 2.29. The summed E-state index contributed by atoms with van der Waals surface area (Å²) in [7, 11) is 0. The third-order valence-electron chi connectivity index (χ3n) is 5.27. The zero-order chi connectivity index (χ0) is 13.9. The van der Waals surface area contributed by atoms with Gasteiger partial charge in [-0.1, -0.05) is 13.3 Å². The Morgan fingerprint density at radius 2 is 2.20 bits per heavy atom. The molecule has 4 nitrogen and oxygen atoms in total. The Kier molecular flexibility index (Phi) is 4.39. The molecule has 0 bridgehead atoms. The molecule has 0 aromatic heterocycles. The number of hydrogen-bond donors (Lipinski definition) is 2. The van der Waals surface area contributed by atoms with Crippen LogP contribution in [0.25, 0.3) is 0 Å². The molecule has 2 aliphatic carbocycles. The smallest absolute Gasteiger partial charge is 0.107 e. The summed E-state index contributed by atoms with van der Waals surface area (Å²) in [5, 5.41) is 13.1. The molecule has 0 amide bonds. The second kappa shape index (κ2) is 6.25. The van der Waals surface area contributed by atoms with Crippen molar-refractivity contribution in [1.29, 1.82) is 0 Å². The van der Waals surface area contributed by atoms with Crippen molar-refractivity contribution in [2.75, 3.05) is 0 Å². The highest BCUT2D eigenvalue weighted by atomic mass is 16.3. The van der Waals surface area contributed by atoms with Crippen LogP contribution in [0.3, 0.4) is 0 Å². The Labute approximate surface area is 121 Å². The standard InChI is InChI=1S/C16H27N3O/c1-2-11-6-7-15-14(8-11)16(18-10-17-15)19-12-4-3-5-13(20)9-12/h10-15,20H,2-9H2,1H3,(H,17,18,19). The van der Waals surface area contributed by atoms with Crippen LogP contribution in [0.1, 0.15) is 58.3 Å². The van der Waals surface area contributed by atoms with Gasteiger partial charge in [0.1, 0.15) is 5.84 Å². The Morgan fingerprint density at radius 1 is 1.30 bits per heavy atom. The number of rotatable bonds is 2. The van der Waals surface area contributed by atoms with Gasteiger partial charge in [-0.05, 0) is 50.9 Å². The first-order chi connectivity index (χ1) is 9.76. The summed E-state index contributed by atoms with van der Waals surface area (Å²) < 4.78 is 0. The van der Waals surface area contributed by atoms with Gasteiger partial charge in [-0.15, -0.1) is 0 Å². The largest absolute Gasteiger partial charge is 0.393 e. The van der Waals surface area contributed by atoms with Crippen molar-refractivity contribution in [3.05, 3.63) is 0 Å². The fourth-order valence-corrected chi connectivity index (χ4v) is 3.98. The lowest BCUT2D eigenvalue weighted by Crippen LogP contribution is -2.45. The molecule has 4 heteroatoms. The quantitative estimate of drug-likeness (QED) is 0.815. The topological polar surface area (TPSA) is 57.0 Å². The molecule has 5 unspecified atom stereocenters. The Bertz CT molecular complexity index is 393. The molecule has 3 aliphatic rings. The molecule has 20 heavy (non-hydrogen) atoms. The van der Waals surface area contributed by atoms with E-state index in [1.807, 2.05) is 6.34 Å². The van der Waals surface area contributed by atoms with Crippen molar-refractivity contribution in [2.24, 2.45) is 21.8 Å². The Hall–Kier alpha value is -0.900. The molecule has 0 saturated heterocycles.